The van der Waals surface area contributed by atoms with E-state index in [0.717, 1.165) is 17.0 Å². The van der Waals surface area contributed by atoms with E-state index in [2.05, 4.69) is 13.8 Å². The second kappa shape index (κ2) is 7.02. The van der Waals surface area contributed by atoms with Gasteiger partial charge >= 0.3 is 0 Å². The van der Waals surface area contributed by atoms with Crippen LogP contribution in [0, 0.1) is 23.2 Å². The van der Waals surface area contributed by atoms with E-state index >= 15 is 0 Å². The summed E-state index contributed by atoms with van der Waals surface area (Å²) in [5.74, 6) is 1.21. The molecule has 0 spiro atoms. The quantitative estimate of drug-likeness (QED) is 0.666. The smallest absolute Gasteiger partial charge is 0.146 e. The van der Waals surface area contributed by atoms with Crippen molar-refractivity contribution in [2.24, 2.45) is 23.2 Å². The second-order valence-electron chi connectivity index (χ2n) is 8.34. The SMILES string of the molecule is B.CC1(C)C2CC1[C@H](CO)[C@H](P(=O)(c1ccccc1)c1ccccc1)C2. The lowest BCUT2D eigenvalue weighted by atomic mass is 9.45. The van der Waals surface area contributed by atoms with Crippen LogP contribution in [-0.2, 0) is 4.57 Å². The highest BCUT2D eigenvalue weighted by Crippen LogP contribution is 2.68. The number of rotatable bonds is 4. The maximum atomic E-state index is 14.6. The molecule has 138 valence electrons. The Kier molecular flexibility index (Phi) is 5.25. The van der Waals surface area contributed by atoms with Gasteiger partial charge in [0.1, 0.15) is 7.14 Å². The number of aliphatic hydroxyl groups is 1. The molecule has 3 fully saturated rings. The predicted molar refractivity (Wildman–Crippen MR) is 114 cm³/mol. The summed E-state index contributed by atoms with van der Waals surface area (Å²) in [5, 5.41) is 12.1. The monoisotopic (exact) mass is 368 g/mol. The van der Waals surface area contributed by atoms with Gasteiger partial charge in [0.25, 0.3) is 0 Å². The van der Waals surface area contributed by atoms with E-state index in [1.54, 1.807) is 0 Å². The molecular formula is C22H30BO2P. The molecule has 0 radical (unpaired) electrons. The Balaban J connectivity index is 0.00000196. The summed E-state index contributed by atoms with van der Waals surface area (Å²) in [4.78, 5) is 0. The maximum Gasteiger partial charge on any atom is 0.146 e. The van der Waals surface area contributed by atoms with Gasteiger partial charge in [-0.05, 0) is 36.0 Å². The first-order chi connectivity index (χ1) is 12.0. The summed E-state index contributed by atoms with van der Waals surface area (Å²) < 4.78 is 14.6. The third-order valence-electron chi connectivity index (χ3n) is 7.04. The van der Waals surface area contributed by atoms with Gasteiger partial charge in [-0.15, -0.1) is 0 Å². The molecule has 0 aromatic heterocycles. The van der Waals surface area contributed by atoms with Crippen LogP contribution in [0.4, 0.5) is 0 Å². The molecule has 0 amide bonds. The third kappa shape index (κ3) is 2.72. The summed E-state index contributed by atoms with van der Waals surface area (Å²) in [5.41, 5.74) is 0.307. The highest BCUT2D eigenvalue weighted by atomic mass is 31.2. The third-order valence-corrected chi connectivity index (χ3v) is 10.7. The lowest BCUT2D eigenvalue weighted by molar-refractivity contribution is -0.114. The highest BCUT2D eigenvalue weighted by molar-refractivity contribution is 7.79. The van der Waals surface area contributed by atoms with Crippen molar-refractivity contribution in [3.8, 4) is 0 Å². The van der Waals surface area contributed by atoms with E-state index in [4.69, 9.17) is 0 Å². The fourth-order valence-electron chi connectivity index (χ4n) is 5.42. The summed E-state index contributed by atoms with van der Waals surface area (Å²) in [6.07, 6.45) is 2.13. The van der Waals surface area contributed by atoms with E-state index in [1.165, 1.54) is 6.42 Å². The van der Waals surface area contributed by atoms with Gasteiger partial charge in [0, 0.05) is 22.9 Å². The van der Waals surface area contributed by atoms with Crippen LogP contribution in [0.25, 0.3) is 0 Å². The summed E-state index contributed by atoms with van der Waals surface area (Å²) in [6, 6.07) is 19.9. The van der Waals surface area contributed by atoms with Crippen molar-refractivity contribution >= 4 is 26.2 Å². The molecule has 4 atom stereocenters. The molecule has 0 heterocycles. The van der Waals surface area contributed by atoms with Crippen LogP contribution in [0.3, 0.4) is 0 Å². The molecule has 4 heteroatoms. The average Bonchev–Trinajstić information content (AvgIpc) is 2.68. The van der Waals surface area contributed by atoms with Crippen LogP contribution in [-0.4, -0.2) is 25.8 Å². The lowest BCUT2D eigenvalue weighted by Gasteiger charge is -2.63. The fourth-order valence-corrected chi connectivity index (χ4v) is 9.10. The minimum atomic E-state index is -2.80. The zero-order valence-corrected chi connectivity index (χ0v) is 15.9. The van der Waals surface area contributed by atoms with E-state index in [-0.39, 0.29) is 32.0 Å². The van der Waals surface area contributed by atoms with Gasteiger partial charge in [-0.3, -0.25) is 0 Å². The van der Waals surface area contributed by atoms with Crippen molar-refractivity contribution in [2.75, 3.05) is 6.61 Å². The molecule has 2 bridgehead atoms. The van der Waals surface area contributed by atoms with Gasteiger partial charge in [-0.1, -0.05) is 74.5 Å². The second-order valence-corrected chi connectivity index (χ2v) is 11.4. The van der Waals surface area contributed by atoms with Crippen molar-refractivity contribution < 1.29 is 9.67 Å². The minimum absolute atomic E-state index is 0. The van der Waals surface area contributed by atoms with Crippen molar-refractivity contribution in [2.45, 2.75) is 32.3 Å². The van der Waals surface area contributed by atoms with E-state index in [9.17, 15) is 9.67 Å². The van der Waals surface area contributed by atoms with Gasteiger partial charge in [0.2, 0.25) is 0 Å². The maximum absolute atomic E-state index is 14.6. The van der Waals surface area contributed by atoms with Crippen LogP contribution in [0.2, 0.25) is 0 Å². The Morgan fingerprint density at radius 1 is 0.962 bits per heavy atom. The van der Waals surface area contributed by atoms with E-state index in [1.807, 2.05) is 60.7 Å². The van der Waals surface area contributed by atoms with Gasteiger partial charge in [0.05, 0.1) is 8.41 Å². The molecule has 3 saturated carbocycles. The Bertz CT molecular complexity index is 747. The Labute approximate surface area is 159 Å². The van der Waals surface area contributed by atoms with E-state index in [0.29, 0.717) is 11.8 Å². The molecule has 1 N–H and O–H groups in total. The molecule has 2 nitrogen and oxygen atoms in total. The zero-order chi connectivity index (χ0) is 17.7. The Hall–Kier alpha value is -1.31. The summed E-state index contributed by atoms with van der Waals surface area (Å²) >= 11 is 0. The minimum Gasteiger partial charge on any atom is -0.396 e. The van der Waals surface area contributed by atoms with Crippen molar-refractivity contribution in [3.63, 3.8) is 0 Å². The predicted octanol–water partition coefficient (Wildman–Crippen LogP) is 2.86. The van der Waals surface area contributed by atoms with Gasteiger partial charge in [-0.25, -0.2) is 0 Å². The molecule has 26 heavy (non-hydrogen) atoms. The van der Waals surface area contributed by atoms with Crippen LogP contribution in [0.1, 0.15) is 26.7 Å². The Morgan fingerprint density at radius 2 is 1.46 bits per heavy atom. The van der Waals surface area contributed by atoms with Crippen molar-refractivity contribution in [1.29, 1.82) is 0 Å². The van der Waals surface area contributed by atoms with E-state index < -0.39 is 7.14 Å². The fraction of sp³-hybridized carbons (Fsp3) is 0.455. The van der Waals surface area contributed by atoms with Crippen LogP contribution in [0.5, 0.6) is 0 Å². The number of hydrogen-bond acceptors (Lipinski definition) is 2. The summed E-state index contributed by atoms with van der Waals surface area (Å²) in [6.45, 7) is 4.77. The molecule has 2 aromatic carbocycles. The molecular weight excluding hydrogens is 338 g/mol. The first-order valence-corrected chi connectivity index (χ1v) is 11.1. The molecule has 3 aliphatic rings. The number of benzene rings is 2. The first kappa shape index (κ1) is 19.5. The lowest BCUT2D eigenvalue weighted by Crippen LogP contribution is -2.59. The van der Waals surface area contributed by atoms with Crippen molar-refractivity contribution in [3.05, 3.63) is 60.7 Å². The Morgan fingerprint density at radius 3 is 1.88 bits per heavy atom. The normalized spacial score (nSPS) is 29.3. The van der Waals surface area contributed by atoms with Crippen LogP contribution in [0.15, 0.2) is 60.7 Å². The molecule has 5 rings (SSSR count). The van der Waals surface area contributed by atoms with Crippen molar-refractivity contribution in [1.82, 2.24) is 0 Å². The van der Waals surface area contributed by atoms with Crippen LogP contribution >= 0.6 is 7.14 Å². The first-order valence-electron chi connectivity index (χ1n) is 9.31. The summed E-state index contributed by atoms with van der Waals surface area (Å²) in [7, 11) is -2.80. The largest absolute Gasteiger partial charge is 0.396 e. The van der Waals surface area contributed by atoms with Gasteiger partial charge < -0.3 is 9.67 Å². The topological polar surface area (TPSA) is 37.3 Å². The standard InChI is InChI=1S/C22H27O2P.BH3/c1-22(2)16-13-20(22)19(15-23)21(14-16)25(24,17-9-5-3-6-10-17)18-11-7-4-8-12-18;/h3-12,16,19-21,23H,13-15H2,1-2H3;1H3/t16?,19-,20?,21+;/m0./s1. The average molecular weight is 368 g/mol. The molecule has 2 aromatic rings. The molecule has 0 saturated heterocycles. The van der Waals surface area contributed by atoms with Gasteiger partial charge in [-0.2, -0.15) is 0 Å². The number of fused-ring (bicyclic) bond motifs is 2. The van der Waals surface area contributed by atoms with Crippen LogP contribution < -0.4 is 10.6 Å². The molecule has 2 unspecified atom stereocenters. The number of hydrogen-bond donors (Lipinski definition) is 1. The van der Waals surface area contributed by atoms with Gasteiger partial charge in [0.15, 0.2) is 0 Å². The highest BCUT2D eigenvalue weighted by Gasteiger charge is 2.61. The molecule has 3 aliphatic carbocycles. The molecule has 0 aliphatic heterocycles. The zero-order valence-electron chi connectivity index (χ0n) is 15.0. The number of aliphatic hydroxyl groups excluding tert-OH is 1.